The van der Waals surface area contributed by atoms with Crippen molar-refractivity contribution in [1.82, 2.24) is 15.3 Å². The number of aromatic nitrogens is 2. The minimum Gasteiger partial charge on any atom is -0.309 e. The van der Waals surface area contributed by atoms with Crippen molar-refractivity contribution in [3.63, 3.8) is 0 Å². The van der Waals surface area contributed by atoms with Crippen LogP contribution in [-0.4, -0.2) is 17.0 Å². The molecule has 0 saturated carbocycles. The van der Waals surface area contributed by atoms with E-state index < -0.39 is 0 Å². The summed E-state index contributed by atoms with van der Waals surface area (Å²) in [6, 6.07) is 8.58. The summed E-state index contributed by atoms with van der Waals surface area (Å²) in [5.41, 5.74) is 4.36. The third kappa shape index (κ3) is 2.00. The van der Waals surface area contributed by atoms with Gasteiger partial charge in [0.05, 0.1) is 17.1 Å². The predicted octanol–water partition coefficient (Wildman–Crippen LogP) is 3.00. The molecular formula is C14H13N3S. The molecule has 4 heteroatoms. The summed E-state index contributed by atoms with van der Waals surface area (Å²) >= 11 is 1.71. The lowest BCUT2D eigenvalue weighted by Gasteiger charge is -2.15. The van der Waals surface area contributed by atoms with Crippen LogP contribution in [0.15, 0.2) is 47.4 Å². The molecule has 0 saturated heterocycles. The minimum atomic E-state index is 0.211. The predicted molar refractivity (Wildman–Crippen MR) is 74.8 cm³/mol. The lowest BCUT2D eigenvalue weighted by Crippen LogP contribution is -2.16. The molecule has 0 amide bonds. The van der Waals surface area contributed by atoms with Gasteiger partial charge in [0.1, 0.15) is 0 Å². The fourth-order valence-electron chi connectivity index (χ4n) is 2.12. The zero-order valence-electron chi connectivity index (χ0n) is 10.00. The zero-order chi connectivity index (χ0) is 12.4. The molecule has 1 atom stereocenters. The van der Waals surface area contributed by atoms with Crippen molar-refractivity contribution in [3.05, 3.63) is 58.5 Å². The van der Waals surface area contributed by atoms with Gasteiger partial charge in [-0.05, 0) is 47.1 Å². The van der Waals surface area contributed by atoms with Crippen molar-refractivity contribution in [2.45, 2.75) is 6.04 Å². The van der Waals surface area contributed by atoms with Gasteiger partial charge in [0.15, 0.2) is 0 Å². The Morgan fingerprint density at radius 2 is 1.89 bits per heavy atom. The van der Waals surface area contributed by atoms with Crippen LogP contribution < -0.4 is 5.32 Å². The average Bonchev–Trinajstić information content (AvgIpc) is 2.93. The van der Waals surface area contributed by atoms with E-state index in [0.29, 0.717) is 0 Å². The quantitative estimate of drug-likeness (QED) is 0.781. The molecule has 0 aliphatic heterocycles. The molecule has 3 nitrogen and oxygen atoms in total. The van der Waals surface area contributed by atoms with Crippen LogP contribution in [0.3, 0.4) is 0 Å². The first-order chi connectivity index (χ1) is 8.88. The second-order valence-electron chi connectivity index (χ2n) is 4.08. The van der Waals surface area contributed by atoms with E-state index in [0.717, 1.165) is 11.0 Å². The molecular weight excluding hydrogens is 242 g/mol. The van der Waals surface area contributed by atoms with Crippen LogP contribution in [0.25, 0.3) is 11.0 Å². The maximum absolute atomic E-state index is 4.35. The van der Waals surface area contributed by atoms with Gasteiger partial charge in [-0.3, -0.25) is 9.97 Å². The smallest absolute Gasteiger partial charge is 0.0890 e. The number of hydrogen-bond acceptors (Lipinski definition) is 4. The fraction of sp³-hybridized carbons (Fsp3) is 0.143. The first-order valence-electron chi connectivity index (χ1n) is 5.78. The van der Waals surface area contributed by atoms with Gasteiger partial charge in [-0.15, -0.1) is 0 Å². The van der Waals surface area contributed by atoms with Gasteiger partial charge in [0.2, 0.25) is 0 Å². The summed E-state index contributed by atoms with van der Waals surface area (Å²) in [5.74, 6) is 0. The van der Waals surface area contributed by atoms with Gasteiger partial charge in [-0.2, -0.15) is 11.3 Å². The number of fused-ring (bicyclic) bond motifs is 1. The number of nitrogens with one attached hydrogen (secondary N) is 1. The second-order valence-corrected chi connectivity index (χ2v) is 4.86. The highest BCUT2D eigenvalue weighted by Gasteiger charge is 2.12. The van der Waals surface area contributed by atoms with Crippen LogP contribution in [0.2, 0.25) is 0 Å². The van der Waals surface area contributed by atoms with Gasteiger partial charge in [-0.25, -0.2) is 0 Å². The minimum absolute atomic E-state index is 0.211. The lowest BCUT2D eigenvalue weighted by molar-refractivity contribution is 0.695. The molecule has 0 bridgehead atoms. The van der Waals surface area contributed by atoms with E-state index in [2.05, 4.69) is 44.2 Å². The van der Waals surface area contributed by atoms with Crippen molar-refractivity contribution in [1.29, 1.82) is 0 Å². The third-order valence-corrected chi connectivity index (χ3v) is 3.69. The molecule has 0 spiro atoms. The Labute approximate surface area is 110 Å². The van der Waals surface area contributed by atoms with Gasteiger partial charge in [-0.1, -0.05) is 6.07 Å². The molecule has 3 aromatic rings. The summed E-state index contributed by atoms with van der Waals surface area (Å²) in [5, 5.41) is 7.61. The van der Waals surface area contributed by atoms with Crippen LogP contribution in [0.5, 0.6) is 0 Å². The average molecular weight is 255 g/mol. The van der Waals surface area contributed by atoms with Gasteiger partial charge < -0.3 is 5.32 Å². The first-order valence-corrected chi connectivity index (χ1v) is 6.73. The van der Waals surface area contributed by atoms with Crippen molar-refractivity contribution >= 4 is 22.4 Å². The molecule has 0 aliphatic carbocycles. The molecule has 3 rings (SSSR count). The molecule has 2 heterocycles. The topological polar surface area (TPSA) is 37.8 Å². The highest BCUT2D eigenvalue weighted by Crippen LogP contribution is 2.25. The Morgan fingerprint density at radius 3 is 2.61 bits per heavy atom. The van der Waals surface area contributed by atoms with Crippen LogP contribution in [0, 0.1) is 0 Å². The van der Waals surface area contributed by atoms with Crippen LogP contribution in [0.4, 0.5) is 0 Å². The van der Waals surface area contributed by atoms with Gasteiger partial charge >= 0.3 is 0 Å². The SMILES string of the molecule is CNC(c1ccsc1)c1ccc2nccnc2c1. The Balaban J connectivity index is 2.07. The third-order valence-electron chi connectivity index (χ3n) is 2.99. The summed E-state index contributed by atoms with van der Waals surface area (Å²) in [6.07, 6.45) is 3.45. The highest BCUT2D eigenvalue weighted by atomic mass is 32.1. The number of benzene rings is 1. The molecule has 90 valence electrons. The Morgan fingerprint density at radius 1 is 1.06 bits per heavy atom. The number of nitrogens with zero attached hydrogens (tertiary/aromatic N) is 2. The van der Waals surface area contributed by atoms with Gasteiger partial charge in [0, 0.05) is 12.4 Å². The highest BCUT2D eigenvalue weighted by molar-refractivity contribution is 7.08. The van der Waals surface area contributed by atoms with Crippen molar-refractivity contribution in [2.24, 2.45) is 0 Å². The van der Waals surface area contributed by atoms with E-state index in [1.165, 1.54) is 11.1 Å². The van der Waals surface area contributed by atoms with Crippen LogP contribution >= 0.6 is 11.3 Å². The molecule has 0 aliphatic rings. The summed E-state index contributed by atoms with van der Waals surface area (Å²) in [4.78, 5) is 8.64. The Bertz CT molecular complexity index is 649. The summed E-state index contributed by atoms with van der Waals surface area (Å²) < 4.78 is 0. The maximum atomic E-state index is 4.35. The molecule has 1 N–H and O–H groups in total. The van der Waals surface area contributed by atoms with E-state index in [1.807, 2.05) is 13.1 Å². The maximum Gasteiger partial charge on any atom is 0.0890 e. The molecule has 1 aromatic carbocycles. The van der Waals surface area contributed by atoms with Crippen LogP contribution in [-0.2, 0) is 0 Å². The van der Waals surface area contributed by atoms with E-state index in [-0.39, 0.29) is 6.04 Å². The van der Waals surface area contributed by atoms with Gasteiger partial charge in [0.25, 0.3) is 0 Å². The van der Waals surface area contributed by atoms with E-state index in [9.17, 15) is 0 Å². The normalized spacial score (nSPS) is 12.7. The second kappa shape index (κ2) is 4.84. The summed E-state index contributed by atoms with van der Waals surface area (Å²) in [6.45, 7) is 0. The van der Waals surface area contributed by atoms with E-state index in [4.69, 9.17) is 0 Å². The lowest BCUT2D eigenvalue weighted by atomic mass is 10.0. The molecule has 0 radical (unpaired) electrons. The van der Waals surface area contributed by atoms with Crippen molar-refractivity contribution in [2.75, 3.05) is 7.05 Å². The summed E-state index contributed by atoms with van der Waals surface area (Å²) in [7, 11) is 1.98. The standard InChI is InChI=1S/C14H13N3S/c1-15-14(11-4-7-18-9-11)10-2-3-12-13(8-10)17-6-5-16-12/h2-9,14-15H,1H3. The molecule has 2 aromatic heterocycles. The molecule has 18 heavy (non-hydrogen) atoms. The Kier molecular flexibility index (Phi) is 3.04. The number of rotatable bonds is 3. The zero-order valence-corrected chi connectivity index (χ0v) is 10.8. The van der Waals surface area contributed by atoms with Crippen molar-refractivity contribution in [3.8, 4) is 0 Å². The van der Waals surface area contributed by atoms with Crippen molar-refractivity contribution < 1.29 is 0 Å². The largest absolute Gasteiger partial charge is 0.309 e. The first kappa shape index (κ1) is 11.3. The number of hydrogen-bond donors (Lipinski definition) is 1. The van der Waals surface area contributed by atoms with E-state index >= 15 is 0 Å². The van der Waals surface area contributed by atoms with E-state index in [1.54, 1.807) is 23.7 Å². The molecule has 1 unspecified atom stereocenters. The number of thiophene rings is 1. The van der Waals surface area contributed by atoms with Crippen LogP contribution in [0.1, 0.15) is 17.2 Å². The monoisotopic (exact) mass is 255 g/mol. The Hall–Kier alpha value is -1.78. The molecule has 0 fully saturated rings. The fourth-order valence-corrected chi connectivity index (χ4v) is 2.81.